The van der Waals surface area contributed by atoms with Gasteiger partial charge in [-0.3, -0.25) is 10.1 Å². The van der Waals surface area contributed by atoms with E-state index in [4.69, 9.17) is 23.2 Å². The molecule has 0 aliphatic carbocycles. The minimum atomic E-state index is -3.73. The van der Waals surface area contributed by atoms with Gasteiger partial charge in [0, 0.05) is 31.2 Å². The minimum Gasteiger partial charge on any atom is -0.301 e. The minimum absolute atomic E-state index is 0.0804. The summed E-state index contributed by atoms with van der Waals surface area (Å²) in [6, 6.07) is 4.46. The lowest BCUT2D eigenvalue weighted by Gasteiger charge is -2.32. The average molecular weight is 450 g/mol. The number of benzene rings is 1. The van der Waals surface area contributed by atoms with Crippen molar-refractivity contribution in [1.29, 1.82) is 0 Å². The first kappa shape index (κ1) is 20.4. The maximum Gasteiger partial charge on any atom is 0.272 e. The standard InChI is InChI=1S/C15H17Cl2N5O3S2/c1-2-21-5-7-22(8-6-21)27(24,25)15-20-19-14(26-15)18-13(23)11-4-3-10(16)9-12(11)17/h3-4,9H,2,5-8H2,1H3,(H,18,19,23). The number of halogens is 2. The van der Waals surface area contributed by atoms with Crippen LogP contribution in [0.25, 0.3) is 0 Å². The molecule has 146 valence electrons. The molecular weight excluding hydrogens is 433 g/mol. The van der Waals surface area contributed by atoms with Crippen LogP contribution in [-0.4, -0.2) is 66.5 Å². The Balaban J connectivity index is 1.71. The summed E-state index contributed by atoms with van der Waals surface area (Å²) in [6.45, 7) is 5.07. The quantitative estimate of drug-likeness (QED) is 0.704. The van der Waals surface area contributed by atoms with Crippen molar-refractivity contribution >= 4 is 55.6 Å². The number of sulfonamides is 1. The molecule has 8 nitrogen and oxygen atoms in total. The Morgan fingerprint density at radius 3 is 2.56 bits per heavy atom. The first-order valence-corrected chi connectivity index (χ1v) is 11.1. The maximum absolute atomic E-state index is 12.7. The second kappa shape index (κ2) is 8.38. The number of amides is 1. The van der Waals surface area contributed by atoms with E-state index in [9.17, 15) is 13.2 Å². The van der Waals surface area contributed by atoms with Crippen LogP contribution in [0.15, 0.2) is 22.5 Å². The molecule has 0 spiro atoms. The highest BCUT2D eigenvalue weighted by atomic mass is 35.5. The number of nitrogens with zero attached hydrogens (tertiary/aromatic N) is 4. The number of piperazine rings is 1. The molecule has 0 radical (unpaired) electrons. The zero-order chi connectivity index (χ0) is 19.6. The van der Waals surface area contributed by atoms with E-state index >= 15 is 0 Å². The summed E-state index contributed by atoms with van der Waals surface area (Å²) in [5, 5.41) is 10.7. The molecule has 1 fully saturated rings. The molecule has 0 atom stereocenters. The van der Waals surface area contributed by atoms with Gasteiger partial charge in [-0.25, -0.2) is 8.42 Å². The second-order valence-electron chi connectivity index (χ2n) is 5.79. The molecule has 1 N–H and O–H groups in total. The Bertz CT molecular complexity index is 943. The van der Waals surface area contributed by atoms with Crippen LogP contribution < -0.4 is 5.32 Å². The summed E-state index contributed by atoms with van der Waals surface area (Å²) < 4.78 is 26.7. The average Bonchev–Trinajstić information content (AvgIpc) is 3.11. The molecule has 12 heteroatoms. The highest BCUT2D eigenvalue weighted by Gasteiger charge is 2.31. The van der Waals surface area contributed by atoms with E-state index in [1.54, 1.807) is 0 Å². The fraction of sp³-hybridized carbons (Fsp3) is 0.400. The van der Waals surface area contributed by atoms with Crippen molar-refractivity contribution in [2.45, 2.75) is 11.3 Å². The van der Waals surface area contributed by atoms with Crippen LogP contribution in [0.5, 0.6) is 0 Å². The van der Waals surface area contributed by atoms with Crippen molar-refractivity contribution < 1.29 is 13.2 Å². The highest BCUT2D eigenvalue weighted by molar-refractivity contribution is 7.91. The Morgan fingerprint density at radius 1 is 1.22 bits per heavy atom. The van der Waals surface area contributed by atoms with Crippen molar-refractivity contribution in [1.82, 2.24) is 19.4 Å². The molecular formula is C15H17Cl2N5O3S2. The van der Waals surface area contributed by atoms with Gasteiger partial charge in [-0.1, -0.05) is 41.5 Å². The van der Waals surface area contributed by atoms with Crippen molar-refractivity contribution in [3.63, 3.8) is 0 Å². The summed E-state index contributed by atoms with van der Waals surface area (Å²) in [5.41, 5.74) is 0.205. The smallest absolute Gasteiger partial charge is 0.272 e. The van der Waals surface area contributed by atoms with E-state index < -0.39 is 15.9 Å². The van der Waals surface area contributed by atoms with Crippen LogP contribution in [0.3, 0.4) is 0 Å². The SMILES string of the molecule is CCN1CCN(S(=O)(=O)c2nnc(NC(=O)c3ccc(Cl)cc3Cl)s2)CC1. The first-order valence-electron chi connectivity index (χ1n) is 8.13. The number of carbonyl (C=O) groups is 1. The van der Waals surface area contributed by atoms with Crippen LogP contribution in [0.1, 0.15) is 17.3 Å². The predicted octanol–water partition coefficient (Wildman–Crippen LogP) is 2.42. The Labute approximate surface area is 171 Å². The van der Waals surface area contributed by atoms with E-state index in [0.717, 1.165) is 17.9 Å². The lowest BCUT2D eigenvalue weighted by molar-refractivity contribution is 0.102. The van der Waals surface area contributed by atoms with Gasteiger partial charge in [0.05, 0.1) is 10.6 Å². The van der Waals surface area contributed by atoms with Gasteiger partial charge in [0.1, 0.15) is 0 Å². The number of carbonyl (C=O) groups excluding carboxylic acids is 1. The van der Waals surface area contributed by atoms with Crippen molar-refractivity contribution in [3.05, 3.63) is 33.8 Å². The number of hydrogen-bond acceptors (Lipinski definition) is 7. The summed E-state index contributed by atoms with van der Waals surface area (Å²) >= 11 is 12.6. The number of rotatable bonds is 5. The predicted molar refractivity (Wildman–Crippen MR) is 105 cm³/mol. The number of nitrogens with one attached hydrogen (secondary N) is 1. The van der Waals surface area contributed by atoms with E-state index in [0.29, 0.717) is 31.2 Å². The van der Waals surface area contributed by atoms with E-state index in [1.807, 2.05) is 6.92 Å². The topological polar surface area (TPSA) is 95.5 Å². The van der Waals surface area contributed by atoms with Crippen LogP contribution in [0, 0.1) is 0 Å². The van der Waals surface area contributed by atoms with Crippen molar-refractivity contribution in [3.8, 4) is 0 Å². The molecule has 1 aromatic carbocycles. The zero-order valence-electron chi connectivity index (χ0n) is 14.4. The zero-order valence-corrected chi connectivity index (χ0v) is 17.5. The van der Waals surface area contributed by atoms with E-state index in [-0.39, 0.29) is 20.1 Å². The fourth-order valence-electron chi connectivity index (χ4n) is 2.60. The lowest BCUT2D eigenvalue weighted by atomic mass is 10.2. The third kappa shape index (κ3) is 4.58. The molecule has 3 rings (SSSR count). The molecule has 0 unspecified atom stereocenters. The molecule has 1 aliphatic heterocycles. The molecule has 1 aromatic heterocycles. The summed E-state index contributed by atoms with van der Waals surface area (Å²) in [5.74, 6) is -0.520. The van der Waals surface area contributed by atoms with Gasteiger partial charge in [-0.2, -0.15) is 4.31 Å². The van der Waals surface area contributed by atoms with Crippen LogP contribution in [-0.2, 0) is 10.0 Å². The monoisotopic (exact) mass is 449 g/mol. The second-order valence-corrected chi connectivity index (χ2v) is 9.72. The third-order valence-corrected chi connectivity index (χ3v) is 7.77. The fourth-order valence-corrected chi connectivity index (χ4v) is 5.55. The Hall–Kier alpha value is -1.30. The van der Waals surface area contributed by atoms with Gasteiger partial charge in [0.2, 0.25) is 9.47 Å². The van der Waals surface area contributed by atoms with E-state index in [1.165, 1.54) is 22.5 Å². The molecule has 2 aromatic rings. The van der Waals surface area contributed by atoms with Crippen LogP contribution in [0.4, 0.5) is 5.13 Å². The van der Waals surface area contributed by atoms with Gasteiger partial charge < -0.3 is 4.90 Å². The summed E-state index contributed by atoms with van der Waals surface area (Å²) in [6.07, 6.45) is 0. The normalized spacial score (nSPS) is 16.4. The molecule has 27 heavy (non-hydrogen) atoms. The first-order chi connectivity index (χ1) is 12.8. The van der Waals surface area contributed by atoms with Gasteiger partial charge >= 0.3 is 0 Å². The van der Waals surface area contributed by atoms with E-state index in [2.05, 4.69) is 20.4 Å². The van der Waals surface area contributed by atoms with Crippen molar-refractivity contribution in [2.24, 2.45) is 0 Å². The number of aromatic nitrogens is 2. The third-order valence-electron chi connectivity index (χ3n) is 4.14. The number of likely N-dealkylation sites (N-methyl/N-ethyl adjacent to an activating group) is 1. The van der Waals surface area contributed by atoms with Crippen molar-refractivity contribution in [2.75, 3.05) is 38.0 Å². The Morgan fingerprint density at radius 2 is 1.93 bits per heavy atom. The van der Waals surface area contributed by atoms with Crippen LogP contribution in [0.2, 0.25) is 10.0 Å². The van der Waals surface area contributed by atoms with Gasteiger partial charge in [0.15, 0.2) is 0 Å². The number of anilines is 1. The molecule has 1 saturated heterocycles. The Kier molecular flexibility index (Phi) is 6.34. The summed E-state index contributed by atoms with van der Waals surface area (Å²) in [4.78, 5) is 14.5. The lowest BCUT2D eigenvalue weighted by Crippen LogP contribution is -2.48. The van der Waals surface area contributed by atoms with Crippen LogP contribution >= 0.6 is 34.5 Å². The summed E-state index contributed by atoms with van der Waals surface area (Å²) in [7, 11) is -3.73. The molecule has 0 saturated carbocycles. The molecule has 2 heterocycles. The number of hydrogen-bond donors (Lipinski definition) is 1. The largest absolute Gasteiger partial charge is 0.301 e. The van der Waals surface area contributed by atoms with Gasteiger partial charge in [0.25, 0.3) is 15.9 Å². The maximum atomic E-state index is 12.7. The molecule has 1 aliphatic rings. The molecule has 0 bridgehead atoms. The van der Waals surface area contributed by atoms with Gasteiger partial charge in [-0.15, -0.1) is 10.2 Å². The highest BCUT2D eigenvalue weighted by Crippen LogP contribution is 2.26. The molecule has 1 amide bonds. The van der Waals surface area contributed by atoms with Gasteiger partial charge in [-0.05, 0) is 24.7 Å².